The lowest BCUT2D eigenvalue weighted by atomic mass is 9.63. The number of allylic oxidation sites excluding steroid dienone is 3. The molecular formula is C24H26N4O5. The minimum absolute atomic E-state index is 0.00585. The van der Waals surface area contributed by atoms with E-state index < -0.39 is 17.9 Å². The number of methoxy groups -OCH3 is 1. The van der Waals surface area contributed by atoms with E-state index in [0.29, 0.717) is 24.2 Å². The molecule has 1 aliphatic heterocycles. The average molecular weight is 450 g/mol. The number of hydrogen-bond donors (Lipinski definition) is 2. The van der Waals surface area contributed by atoms with E-state index in [1.807, 2.05) is 19.1 Å². The van der Waals surface area contributed by atoms with Crippen LogP contribution in [0.15, 0.2) is 70.0 Å². The summed E-state index contributed by atoms with van der Waals surface area (Å²) < 4.78 is 15.7. The highest BCUT2D eigenvalue weighted by molar-refractivity contribution is 5.61. The van der Waals surface area contributed by atoms with Crippen molar-refractivity contribution >= 4 is 6.16 Å². The molecule has 3 atom stereocenters. The standard InChI is InChI=1S/C24H26N4O5/c1-4-17-16-9-14(2)12-24(17,27-28-25)18-6-8-22(26-19(18)11-16)33-23(30)32-13-15-5-7-20(29)21(10-15)31-3/h4-10,16,22,26,29H,11-13H2,1-3H3/b17-4+/t16-,22?,24?/m1/s1. The van der Waals surface area contributed by atoms with Crippen molar-refractivity contribution in [1.29, 1.82) is 0 Å². The molecule has 1 heterocycles. The summed E-state index contributed by atoms with van der Waals surface area (Å²) in [6.45, 7) is 3.99. The molecule has 3 aliphatic rings. The van der Waals surface area contributed by atoms with Gasteiger partial charge >= 0.3 is 6.16 Å². The minimum Gasteiger partial charge on any atom is -0.504 e. The highest BCUT2D eigenvalue weighted by Gasteiger charge is 2.47. The largest absolute Gasteiger partial charge is 0.510 e. The van der Waals surface area contributed by atoms with Gasteiger partial charge in [-0.15, -0.1) is 0 Å². The Labute approximate surface area is 191 Å². The normalized spacial score (nSPS) is 26.5. The number of carbonyl (C=O) groups is 1. The zero-order chi connectivity index (χ0) is 23.6. The molecule has 33 heavy (non-hydrogen) atoms. The third-order valence-electron chi connectivity index (χ3n) is 6.20. The number of azide groups is 1. The van der Waals surface area contributed by atoms with Crippen molar-refractivity contribution in [2.45, 2.75) is 45.1 Å². The van der Waals surface area contributed by atoms with Gasteiger partial charge in [-0.2, -0.15) is 0 Å². The van der Waals surface area contributed by atoms with E-state index in [1.54, 1.807) is 18.2 Å². The van der Waals surface area contributed by atoms with Crippen molar-refractivity contribution in [1.82, 2.24) is 5.32 Å². The number of benzene rings is 1. The monoisotopic (exact) mass is 450 g/mol. The third kappa shape index (κ3) is 4.15. The van der Waals surface area contributed by atoms with Gasteiger partial charge in [0.15, 0.2) is 17.7 Å². The fourth-order valence-corrected chi connectivity index (χ4v) is 4.92. The number of aromatic hydroxyl groups is 1. The first kappa shape index (κ1) is 22.4. The first-order chi connectivity index (χ1) is 15.9. The van der Waals surface area contributed by atoms with Crippen molar-refractivity contribution in [3.05, 3.63) is 80.9 Å². The summed E-state index contributed by atoms with van der Waals surface area (Å²) in [7, 11) is 1.44. The molecule has 9 heteroatoms. The number of nitrogens with one attached hydrogen (secondary N) is 1. The molecule has 2 unspecified atom stereocenters. The number of ether oxygens (including phenoxy) is 3. The molecule has 4 rings (SSSR count). The lowest BCUT2D eigenvalue weighted by Gasteiger charge is -2.47. The number of phenols is 1. The summed E-state index contributed by atoms with van der Waals surface area (Å²) in [5, 5.41) is 17.2. The molecule has 0 amide bonds. The van der Waals surface area contributed by atoms with Crippen molar-refractivity contribution in [2.75, 3.05) is 7.11 Å². The van der Waals surface area contributed by atoms with Crippen molar-refractivity contribution in [3.8, 4) is 11.5 Å². The van der Waals surface area contributed by atoms with Crippen molar-refractivity contribution in [3.63, 3.8) is 0 Å². The van der Waals surface area contributed by atoms with Crippen LogP contribution in [0, 0.1) is 5.92 Å². The predicted molar refractivity (Wildman–Crippen MR) is 121 cm³/mol. The zero-order valence-electron chi connectivity index (χ0n) is 18.7. The zero-order valence-corrected chi connectivity index (χ0v) is 18.7. The van der Waals surface area contributed by atoms with Crippen molar-refractivity contribution < 1.29 is 24.1 Å². The lowest BCUT2D eigenvalue weighted by molar-refractivity contribution is 0.0248. The number of dihydropyridines is 1. The maximum Gasteiger partial charge on any atom is 0.510 e. The van der Waals surface area contributed by atoms with E-state index in [2.05, 4.69) is 28.3 Å². The molecule has 0 radical (unpaired) electrons. The highest BCUT2D eigenvalue weighted by Crippen LogP contribution is 2.52. The lowest BCUT2D eigenvalue weighted by Crippen LogP contribution is -2.47. The van der Waals surface area contributed by atoms with Gasteiger partial charge in [0.05, 0.1) is 7.11 Å². The summed E-state index contributed by atoms with van der Waals surface area (Å²) >= 11 is 0. The second-order valence-electron chi connectivity index (χ2n) is 8.27. The Morgan fingerprint density at radius 3 is 3.00 bits per heavy atom. The summed E-state index contributed by atoms with van der Waals surface area (Å²) in [4.78, 5) is 15.4. The fraction of sp³-hybridized carbons (Fsp3) is 0.375. The molecule has 0 fully saturated rings. The van der Waals surface area contributed by atoms with Gasteiger partial charge in [-0.1, -0.05) is 40.6 Å². The molecule has 0 saturated heterocycles. The predicted octanol–water partition coefficient (Wildman–Crippen LogP) is 5.16. The van der Waals surface area contributed by atoms with Crippen LogP contribution in [-0.4, -0.2) is 30.1 Å². The van der Waals surface area contributed by atoms with E-state index in [0.717, 1.165) is 16.8 Å². The van der Waals surface area contributed by atoms with Crippen LogP contribution in [0.1, 0.15) is 32.3 Å². The Balaban J connectivity index is 1.45. The molecule has 0 spiro atoms. The average Bonchev–Trinajstić information content (AvgIpc) is 2.78. The number of phenolic OH excluding ortho intramolecular Hbond substituents is 1. The second kappa shape index (κ2) is 8.96. The molecule has 2 aliphatic carbocycles. The van der Waals surface area contributed by atoms with Gasteiger partial charge in [0.2, 0.25) is 0 Å². The van der Waals surface area contributed by atoms with Crippen LogP contribution >= 0.6 is 0 Å². The Kier molecular flexibility index (Phi) is 6.07. The number of nitrogens with zero attached hydrogens (tertiary/aromatic N) is 3. The van der Waals surface area contributed by atoms with E-state index in [1.165, 1.54) is 18.7 Å². The maximum absolute atomic E-state index is 12.3. The van der Waals surface area contributed by atoms with Gasteiger partial charge in [0.1, 0.15) is 12.1 Å². The Hall–Kier alpha value is -3.84. The van der Waals surface area contributed by atoms with Gasteiger partial charge in [-0.3, -0.25) is 0 Å². The second-order valence-corrected chi connectivity index (χ2v) is 8.27. The van der Waals surface area contributed by atoms with Crippen LogP contribution in [0.5, 0.6) is 11.5 Å². The number of hydrogen-bond acceptors (Lipinski definition) is 7. The van der Waals surface area contributed by atoms with Gasteiger partial charge in [0, 0.05) is 16.5 Å². The number of carbonyl (C=O) groups excluding carboxylic acids is 1. The molecule has 2 bridgehead atoms. The van der Waals surface area contributed by atoms with Crippen LogP contribution in [0.25, 0.3) is 10.4 Å². The Morgan fingerprint density at radius 2 is 2.27 bits per heavy atom. The van der Waals surface area contributed by atoms with Crippen LogP contribution in [0.3, 0.4) is 0 Å². The topological polar surface area (TPSA) is 126 Å². The summed E-state index contributed by atoms with van der Waals surface area (Å²) in [5.41, 5.74) is 13.3. The molecule has 0 aromatic heterocycles. The Morgan fingerprint density at radius 1 is 1.45 bits per heavy atom. The van der Waals surface area contributed by atoms with Gasteiger partial charge in [-0.05, 0) is 61.6 Å². The molecule has 2 N–H and O–H groups in total. The molecule has 172 valence electrons. The van der Waals surface area contributed by atoms with Crippen LogP contribution in [0.4, 0.5) is 4.79 Å². The number of fused-ring (bicyclic) bond motifs is 3. The van der Waals surface area contributed by atoms with Gasteiger partial charge < -0.3 is 24.6 Å². The third-order valence-corrected chi connectivity index (χ3v) is 6.20. The first-order valence-corrected chi connectivity index (χ1v) is 10.7. The summed E-state index contributed by atoms with van der Waals surface area (Å²) in [6, 6.07) is 4.69. The Bertz CT molecular complexity index is 1150. The molecule has 1 aromatic carbocycles. The quantitative estimate of drug-likeness (QED) is 0.210. The van der Waals surface area contributed by atoms with E-state index in [4.69, 9.17) is 14.2 Å². The van der Waals surface area contributed by atoms with Gasteiger partial charge in [-0.25, -0.2) is 4.79 Å². The van der Waals surface area contributed by atoms with E-state index in [9.17, 15) is 15.4 Å². The van der Waals surface area contributed by atoms with Crippen molar-refractivity contribution in [2.24, 2.45) is 11.0 Å². The van der Waals surface area contributed by atoms with E-state index >= 15 is 0 Å². The molecular weight excluding hydrogens is 424 g/mol. The van der Waals surface area contributed by atoms with E-state index in [-0.39, 0.29) is 18.3 Å². The minimum atomic E-state index is -0.834. The summed E-state index contributed by atoms with van der Waals surface area (Å²) in [6.07, 6.45) is 7.62. The summed E-state index contributed by atoms with van der Waals surface area (Å²) in [5.74, 6) is 0.415. The van der Waals surface area contributed by atoms with Crippen LogP contribution in [-0.2, 0) is 16.1 Å². The molecule has 1 aromatic rings. The highest BCUT2D eigenvalue weighted by atomic mass is 16.7. The van der Waals surface area contributed by atoms with Crippen LogP contribution < -0.4 is 10.1 Å². The fourth-order valence-electron chi connectivity index (χ4n) is 4.92. The maximum atomic E-state index is 12.3. The smallest absolute Gasteiger partial charge is 0.504 e. The number of rotatable bonds is 5. The SMILES string of the molecule is C/C=C1\[C@@H]2C=C(C)CC1(N=[N+]=[N-])C1=C(C2)NC(OC(=O)OCc2ccc(O)c(OC)c2)C=C1. The van der Waals surface area contributed by atoms with Crippen LogP contribution in [0.2, 0.25) is 0 Å². The van der Waals surface area contributed by atoms with Gasteiger partial charge in [0.25, 0.3) is 0 Å². The molecule has 9 nitrogen and oxygen atoms in total. The molecule has 0 saturated carbocycles. The first-order valence-electron chi connectivity index (χ1n) is 10.7.